The molecule has 0 aromatic carbocycles. The number of carbonyl (C=O) groups is 1. The van der Waals surface area contributed by atoms with Crippen LogP contribution in [0, 0.1) is 0 Å². The molecule has 1 aliphatic carbocycles. The van der Waals surface area contributed by atoms with Gasteiger partial charge in [-0.25, -0.2) is 0 Å². The average Bonchev–Trinajstić information content (AvgIpc) is 3.03. The first-order valence-corrected chi connectivity index (χ1v) is 6.92. The minimum Gasteiger partial charge on any atom is -0.353 e. The second kappa shape index (κ2) is 4.76. The predicted molar refractivity (Wildman–Crippen MR) is 70.2 cm³/mol. The van der Waals surface area contributed by atoms with Crippen molar-refractivity contribution >= 4 is 5.91 Å². The SMILES string of the molecule is CC1c2cccn2CCN1CCC(=O)NC1CC1. The summed E-state index contributed by atoms with van der Waals surface area (Å²) in [5.41, 5.74) is 1.36. The fraction of sp³-hybridized carbons (Fsp3) is 0.643. The van der Waals surface area contributed by atoms with Crippen LogP contribution >= 0.6 is 0 Å². The van der Waals surface area contributed by atoms with Gasteiger partial charge in [-0.1, -0.05) is 0 Å². The molecule has 1 N–H and O–H groups in total. The molecule has 1 unspecified atom stereocenters. The zero-order valence-electron chi connectivity index (χ0n) is 10.9. The number of aromatic nitrogens is 1. The number of carbonyl (C=O) groups excluding carboxylic acids is 1. The molecule has 1 fully saturated rings. The molecular weight excluding hydrogens is 226 g/mol. The van der Waals surface area contributed by atoms with E-state index in [-0.39, 0.29) is 5.91 Å². The largest absolute Gasteiger partial charge is 0.353 e. The lowest BCUT2D eigenvalue weighted by Crippen LogP contribution is -2.39. The maximum atomic E-state index is 11.7. The monoisotopic (exact) mass is 247 g/mol. The summed E-state index contributed by atoms with van der Waals surface area (Å²) in [6, 6.07) is 5.19. The fourth-order valence-corrected chi connectivity index (χ4v) is 2.71. The maximum Gasteiger partial charge on any atom is 0.221 e. The van der Waals surface area contributed by atoms with E-state index in [9.17, 15) is 4.79 Å². The Labute approximate surface area is 108 Å². The van der Waals surface area contributed by atoms with Crippen LogP contribution in [0.25, 0.3) is 0 Å². The summed E-state index contributed by atoms with van der Waals surface area (Å²) in [6.45, 7) is 5.17. The molecule has 0 bridgehead atoms. The molecule has 98 valence electrons. The molecule has 1 aromatic heterocycles. The van der Waals surface area contributed by atoms with Crippen LogP contribution in [0.3, 0.4) is 0 Å². The van der Waals surface area contributed by atoms with Gasteiger partial charge in [0.1, 0.15) is 0 Å². The molecule has 2 heterocycles. The van der Waals surface area contributed by atoms with Crippen molar-refractivity contribution in [1.82, 2.24) is 14.8 Å². The van der Waals surface area contributed by atoms with Crippen LogP contribution in [0.5, 0.6) is 0 Å². The zero-order valence-corrected chi connectivity index (χ0v) is 10.9. The van der Waals surface area contributed by atoms with Gasteiger partial charge < -0.3 is 9.88 Å². The second-order valence-electron chi connectivity index (χ2n) is 5.43. The minimum atomic E-state index is 0.214. The molecule has 1 amide bonds. The molecule has 1 saturated carbocycles. The molecule has 0 spiro atoms. The standard InChI is InChI=1S/C14H21N3O/c1-11-13-3-2-7-17(13)10-9-16(11)8-6-14(18)15-12-4-5-12/h2-3,7,11-12H,4-6,8-10H2,1H3,(H,15,18). The topological polar surface area (TPSA) is 37.3 Å². The van der Waals surface area contributed by atoms with Gasteiger partial charge in [0, 0.05) is 50.0 Å². The van der Waals surface area contributed by atoms with Gasteiger partial charge in [0.05, 0.1) is 0 Å². The van der Waals surface area contributed by atoms with Crippen LogP contribution in [0.4, 0.5) is 0 Å². The predicted octanol–water partition coefficient (Wildman–Crippen LogP) is 1.53. The molecule has 18 heavy (non-hydrogen) atoms. The first-order chi connectivity index (χ1) is 8.74. The van der Waals surface area contributed by atoms with Gasteiger partial charge in [0.25, 0.3) is 0 Å². The van der Waals surface area contributed by atoms with E-state index >= 15 is 0 Å². The van der Waals surface area contributed by atoms with E-state index in [1.54, 1.807) is 0 Å². The summed E-state index contributed by atoms with van der Waals surface area (Å²) >= 11 is 0. The van der Waals surface area contributed by atoms with Gasteiger partial charge in [-0.3, -0.25) is 9.69 Å². The number of nitrogens with zero attached hydrogens (tertiary/aromatic N) is 2. The van der Waals surface area contributed by atoms with E-state index < -0.39 is 0 Å². The Hall–Kier alpha value is -1.29. The molecule has 0 radical (unpaired) electrons. The third-order valence-corrected chi connectivity index (χ3v) is 4.04. The van der Waals surface area contributed by atoms with Crippen molar-refractivity contribution in [2.45, 2.75) is 44.8 Å². The summed E-state index contributed by atoms with van der Waals surface area (Å²) in [5, 5.41) is 3.05. The van der Waals surface area contributed by atoms with Crippen molar-refractivity contribution in [3.63, 3.8) is 0 Å². The molecule has 1 atom stereocenters. The molecule has 2 aliphatic rings. The quantitative estimate of drug-likeness (QED) is 0.876. The van der Waals surface area contributed by atoms with Crippen LogP contribution in [0.1, 0.15) is 37.9 Å². The number of rotatable bonds is 4. The molecule has 4 heteroatoms. The maximum absolute atomic E-state index is 11.7. The van der Waals surface area contributed by atoms with Crippen LogP contribution < -0.4 is 5.32 Å². The van der Waals surface area contributed by atoms with Gasteiger partial charge in [-0.2, -0.15) is 0 Å². The number of nitrogens with one attached hydrogen (secondary N) is 1. The Morgan fingerprint density at radius 1 is 1.44 bits per heavy atom. The fourth-order valence-electron chi connectivity index (χ4n) is 2.71. The number of amides is 1. The number of hydrogen-bond donors (Lipinski definition) is 1. The normalized spacial score (nSPS) is 23.7. The van der Waals surface area contributed by atoms with Crippen molar-refractivity contribution in [2.75, 3.05) is 13.1 Å². The third kappa shape index (κ3) is 2.43. The van der Waals surface area contributed by atoms with Crippen molar-refractivity contribution < 1.29 is 4.79 Å². The van der Waals surface area contributed by atoms with Gasteiger partial charge in [0.15, 0.2) is 0 Å². The Morgan fingerprint density at radius 2 is 2.28 bits per heavy atom. The van der Waals surface area contributed by atoms with Crippen molar-refractivity contribution in [2.24, 2.45) is 0 Å². The lowest BCUT2D eigenvalue weighted by atomic mass is 10.1. The third-order valence-electron chi connectivity index (χ3n) is 4.04. The van der Waals surface area contributed by atoms with Crippen molar-refractivity contribution in [3.8, 4) is 0 Å². The van der Waals surface area contributed by atoms with Crippen LogP contribution in [0.2, 0.25) is 0 Å². The van der Waals surface area contributed by atoms with E-state index in [1.807, 2.05) is 0 Å². The summed E-state index contributed by atoms with van der Waals surface area (Å²) in [6.07, 6.45) is 5.10. The summed E-state index contributed by atoms with van der Waals surface area (Å²) in [4.78, 5) is 14.1. The zero-order chi connectivity index (χ0) is 12.5. The smallest absolute Gasteiger partial charge is 0.221 e. The summed E-state index contributed by atoms with van der Waals surface area (Å²) in [5.74, 6) is 0.214. The van der Waals surface area contributed by atoms with Gasteiger partial charge in [0.2, 0.25) is 5.91 Å². The van der Waals surface area contributed by atoms with Crippen LogP contribution in [-0.4, -0.2) is 34.5 Å². The van der Waals surface area contributed by atoms with E-state index in [2.05, 4.69) is 40.0 Å². The van der Waals surface area contributed by atoms with E-state index in [0.717, 1.165) is 19.6 Å². The van der Waals surface area contributed by atoms with E-state index in [1.165, 1.54) is 18.5 Å². The van der Waals surface area contributed by atoms with Crippen LogP contribution in [0.15, 0.2) is 18.3 Å². The molecule has 4 nitrogen and oxygen atoms in total. The Morgan fingerprint density at radius 3 is 3.06 bits per heavy atom. The Kier molecular flexibility index (Phi) is 3.12. The van der Waals surface area contributed by atoms with Gasteiger partial charge in [-0.15, -0.1) is 0 Å². The lowest BCUT2D eigenvalue weighted by Gasteiger charge is -2.34. The highest BCUT2D eigenvalue weighted by atomic mass is 16.1. The highest BCUT2D eigenvalue weighted by Gasteiger charge is 2.25. The Balaban J connectivity index is 1.52. The van der Waals surface area contributed by atoms with E-state index in [4.69, 9.17) is 0 Å². The average molecular weight is 247 g/mol. The first kappa shape index (κ1) is 11.8. The number of hydrogen-bond acceptors (Lipinski definition) is 2. The van der Waals surface area contributed by atoms with Gasteiger partial charge in [-0.05, 0) is 31.9 Å². The van der Waals surface area contributed by atoms with Crippen molar-refractivity contribution in [3.05, 3.63) is 24.0 Å². The summed E-state index contributed by atoms with van der Waals surface area (Å²) < 4.78 is 2.31. The molecule has 0 saturated heterocycles. The Bertz CT molecular complexity index is 436. The number of fused-ring (bicyclic) bond motifs is 1. The highest BCUT2D eigenvalue weighted by Crippen LogP contribution is 2.25. The minimum absolute atomic E-state index is 0.214. The molecule has 1 aliphatic heterocycles. The summed E-state index contributed by atoms with van der Waals surface area (Å²) in [7, 11) is 0. The first-order valence-electron chi connectivity index (χ1n) is 6.92. The van der Waals surface area contributed by atoms with Crippen LogP contribution in [-0.2, 0) is 11.3 Å². The molecule has 1 aromatic rings. The van der Waals surface area contributed by atoms with Crippen molar-refractivity contribution in [1.29, 1.82) is 0 Å². The molecule has 3 rings (SSSR count). The highest BCUT2D eigenvalue weighted by molar-refractivity contribution is 5.76. The lowest BCUT2D eigenvalue weighted by molar-refractivity contribution is -0.121. The second-order valence-corrected chi connectivity index (χ2v) is 5.43. The van der Waals surface area contributed by atoms with E-state index in [0.29, 0.717) is 18.5 Å². The molecular formula is C14H21N3O. The van der Waals surface area contributed by atoms with Gasteiger partial charge >= 0.3 is 0 Å².